The molecule has 0 N–H and O–H groups in total. The smallest absolute Gasteiger partial charge is 0.0657 e. The van der Waals surface area contributed by atoms with Gasteiger partial charge >= 0.3 is 0 Å². The Morgan fingerprint density at radius 3 is 1.57 bits per heavy atom. The number of ether oxygens (including phenoxy) is 1. The minimum absolute atomic E-state index is 0.119. The van der Waals surface area contributed by atoms with E-state index in [2.05, 4.69) is 173 Å². The molecular weight excluding hydrogens is 508 g/mol. The maximum Gasteiger partial charge on any atom is 0.0657 e. The zero-order chi connectivity index (χ0) is 31.6. The molecule has 1 rings (SSSR count). The summed E-state index contributed by atoms with van der Waals surface area (Å²) < 4.78 is 5.45. The maximum atomic E-state index is 5.45. The van der Waals surface area contributed by atoms with Gasteiger partial charge in [-0.25, -0.2) is 0 Å². The Bertz CT molecular complexity index is 1230. The highest BCUT2D eigenvalue weighted by Gasteiger charge is 2.26. The van der Waals surface area contributed by atoms with E-state index in [0.717, 1.165) is 6.42 Å². The molecule has 0 saturated heterocycles. The van der Waals surface area contributed by atoms with Crippen molar-refractivity contribution >= 4 is 0 Å². The highest BCUT2D eigenvalue weighted by atomic mass is 16.5. The summed E-state index contributed by atoms with van der Waals surface area (Å²) in [6.07, 6.45) is 41.3. The average Bonchev–Trinajstić information content (AvgIpc) is 2.90. The van der Waals surface area contributed by atoms with Gasteiger partial charge in [-0.2, -0.15) is 0 Å². The van der Waals surface area contributed by atoms with Gasteiger partial charge in [-0.3, -0.25) is 0 Å². The summed E-state index contributed by atoms with van der Waals surface area (Å²) >= 11 is 0. The van der Waals surface area contributed by atoms with Crippen LogP contribution in [0.15, 0.2) is 142 Å². The van der Waals surface area contributed by atoms with Gasteiger partial charge < -0.3 is 4.74 Å². The maximum absolute atomic E-state index is 5.45. The fourth-order valence-electron chi connectivity index (χ4n) is 4.58. The molecule has 0 atom stereocenters. The lowest BCUT2D eigenvalue weighted by atomic mass is 9.72. The second kappa shape index (κ2) is 19.1. The van der Waals surface area contributed by atoms with Gasteiger partial charge in [0.1, 0.15) is 0 Å². The van der Waals surface area contributed by atoms with E-state index in [0.29, 0.717) is 0 Å². The molecule has 0 saturated carbocycles. The van der Waals surface area contributed by atoms with E-state index in [9.17, 15) is 0 Å². The summed E-state index contributed by atoms with van der Waals surface area (Å²) in [6.45, 7) is 21.9. The topological polar surface area (TPSA) is 9.23 Å². The van der Waals surface area contributed by atoms with E-state index < -0.39 is 0 Å². The third-order valence-corrected chi connectivity index (χ3v) is 7.58. The van der Waals surface area contributed by atoms with Crippen molar-refractivity contribution < 1.29 is 4.74 Å². The van der Waals surface area contributed by atoms with Crippen molar-refractivity contribution in [2.75, 3.05) is 7.11 Å². The SMILES string of the molecule is COC(C)(C)CC=CC(C)=CC=CC(C)=CC=CC(C)=CC=CC=C(C)C=CC=C(C)C=CC1=C(C)CCCC1(C)C. The van der Waals surface area contributed by atoms with Gasteiger partial charge in [0.2, 0.25) is 0 Å². The van der Waals surface area contributed by atoms with Gasteiger partial charge in [-0.05, 0) is 92.1 Å². The van der Waals surface area contributed by atoms with E-state index in [4.69, 9.17) is 4.74 Å². The normalized spacial score (nSPS) is 19.0. The van der Waals surface area contributed by atoms with Gasteiger partial charge in [-0.15, -0.1) is 0 Å². The molecule has 0 aliphatic heterocycles. The summed E-state index contributed by atoms with van der Waals surface area (Å²) in [5.41, 5.74) is 9.34. The third kappa shape index (κ3) is 16.3. The standard InChI is InChI=1S/C41H58O/c1-33(21-14-23-35(3)24-15-25-36(4)27-17-32-41(9,10)42-11)19-12-13-20-34(2)22-16-26-37(5)29-30-39-38(6)28-18-31-40(39,7)8/h12-17,19-27,29-30H,18,28,31-32H2,1-11H3. The lowest BCUT2D eigenvalue weighted by molar-refractivity contribution is 0.0255. The highest BCUT2D eigenvalue weighted by Crippen LogP contribution is 2.40. The molecular formula is C41H58O. The Hall–Kier alpha value is -3.16. The Morgan fingerprint density at radius 2 is 1.12 bits per heavy atom. The summed E-state index contributed by atoms with van der Waals surface area (Å²) in [6, 6.07) is 0. The van der Waals surface area contributed by atoms with E-state index in [1.807, 2.05) is 0 Å². The number of hydrogen-bond acceptors (Lipinski definition) is 1. The second-order valence-corrected chi connectivity index (χ2v) is 12.9. The first-order valence-electron chi connectivity index (χ1n) is 15.4. The van der Waals surface area contributed by atoms with Crippen LogP contribution in [-0.4, -0.2) is 12.7 Å². The lowest BCUT2D eigenvalue weighted by Crippen LogP contribution is -2.20. The molecule has 1 heteroatoms. The quantitative estimate of drug-likeness (QED) is 0.190. The Balaban J connectivity index is 2.59. The monoisotopic (exact) mass is 566 g/mol. The predicted octanol–water partition coefficient (Wildman–Crippen LogP) is 12.4. The summed E-state index contributed by atoms with van der Waals surface area (Å²) in [4.78, 5) is 0. The second-order valence-electron chi connectivity index (χ2n) is 12.9. The molecule has 0 aromatic heterocycles. The van der Waals surface area contributed by atoms with Crippen LogP contribution >= 0.6 is 0 Å². The molecule has 0 aromatic carbocycles. The van der Waals surface area contributed by atoms with Gasteiger partial charge in [0.25, 0.3) is 0 Å². The number of rotatable bonds is 14. The van der Waals surface area contributed by atoms with Crippen LogP contribution < -0.4 is 0 Å². The van der Waals surface area contributed by atoms with Crippen molar-refractivity contribution in [3.8, 4) is 0 Å². The van der Waals surface area contributed by atoms with Crippen molar-refractivity contribution in [3.63, 3.8) is 0 Å². The molecule has 1 nitrogen and oxygen atoms in total. The zero-order valence-electron chi connectivity index (χ0n) is 28.6. The summed E-state index contributed by atoms with van der Waals surface area (Å²) in [7, 11) is 1.76. The number of hydrogen-bond donors (Lipinski definition) is 0. The largest absolute Gasteiger partial charge is 0.378 e. The molecule has 0 heterocycles. The van der Waals surface area contributed by atoms with Crippen LogP contribution in [0.25, 0.3) is 0 Å². The van der Waals surface area contributed by atoms with Crippen molar-refractivity contribution in [1.82, 2.24) is 0 Å². The van der Waals surface area contributed by atoms with Crippen LogP contribution in [0.2, 0.25) is 0 Å². The van der Waals surface area contributed by atoms with Crippen LogP contribution in [0.4, 0.5) is 0 Å². The van der Waals surface area contributed by atoms with E-state index in [-0.39, 0.29) is 11.0 Å². The Kier molecular flexibility index (Phi) is 16.8. The van der Waals surface area contributed by atoms with Gasteiger partial charge in [0.05, 0.1) is 5.60 Å². The molecule has 0 unspecified atom stereocenters. The zero-order valence-corrected chi connectivity index (χ0v) is 28.6. The fourth-order valence-corrected chi connectivity index (χ4v) is 4.58. The van der Waals surface area contributed by atoms with E-state index >= 15 is 0 Å². The number of allylic oxidation sites excluding steroid dienone is 23. The van der Waals surface area contributed by atoms with Crippen LogP contribution in [0, 0.1) is 5.41 Å². The van der Waals surface area contributed by atoms with Gasteiger partial charge in [0, 0.05) is 7.11 Å². The van der Waals surface area contributed by atoms with Crippen LogP contribution in [0.5, 0.6) is 0 Å². The van der Waals surface area contributed by atoms with E-state index in [1.54, 1.807) is 12.7 Å². The molecule has 0 amide bonds. The highest BCUT2D eigenvalue weighted by molar-refractivity contribution is 5.37. The first kappa shape index (κ1) is 36.9. The molecule has 0 bridgehead atoms. The van der Waals surface area contributed by atoms with Gasteiger partial charge in [0.15, 0.2) is 0 Å². The van der Waals surface area contributed by atoms with E-state index in [1.165, 1.54) is 52.7 Å². The van der Waals surface area contributed by atoms with Crippen molar-refractivity contribution in [2.45, 2.75) is 101 Å². The van der Waals surface area contributed by atoms with Crippen LogP contribution in [0.1, 0.15) is 94.9 Å². The van der Waals surface area contributed by atoms with Crippen molar-refractivity contribution in [2.24, 2.45) is 5.41 Å². The number of methoxy groups -OCH3 is 1. The fraction of sp³-hybridized carbons (Fsp3) is 0.415. The molecule has 0 fully saturated rings. The molecule has 228 valence electrons. The molecule has 0 aromatic rings. The minimum Gasteiger partial charge on any atom is -0.378 e. The molecule has 1 aliphatic rings. The van der Waals surface area contributed by atoms with Crippen molar-refractivity contribution in [1.29, 1.82) is 0 Å². The lowest BCUT2D eigenvalue weighted by Gasteiger charge is -2.32. The van der Waals surface area contributed by atoms with Gasteiger partial charge in [-0.1, -0.05) is 151 Å². The molecule has 1 aliphatic carbocycles. The third-order valence-electron chi connectivity index (χ3n) is 7.58. The average molecular weight is 567 g/mol. The molecule has 42 heavy (non-hydrogen) atoms. The minimum atomic E-state index is -0.119. The Morgan fingerprint density at radius 1 is 0.690 bits per heavy atom. The van der Waals surface area contributed by atoms with Crippen LogP contribution in [-0.2, 0) is 4.74 Å². The summed E-state index contributed by atoms with van der Waals surface area (Å²) in [5.74, 6) is 0. The molecule has 0 radical (unpaired) electrons. The Labute approximate surface area is 259 Å². The van der Waals surface area contributed by atoms with Crippen LogP contribution in [0.3, 0.4) is 0 Å². The van der Waals surface area contributed by atoms with Crippen molar-refractivity contribution in [3.05, 3.63) is 142 Å². The molecule has 0 spiro atoms. The predicted molar refractivity (Wildman–Crippen MR) is 190 cm³/mol. The summed E-state index contributed by atoms with van der Waals surface area (Å²) in [5, 5.41) is 0. The first-order valence-corrected chi connectivity index (χ1v) is 15.4. The first-order chi connectivity index (χ1) is 19.8.